The van der Waals surface area contributed by atoms with Crippen LogP contribution >= 0.6 is 0 Å². The number of pyridine rings is 1. The van der Waals surface area contributed by atoms with E-state index in [1.807, 2.05) is 24.3 Å². The van der Waals surface area contributed by atoms with Crippen molar-refractivity contribution in [2.75, 3.05) is 11.4 Å². The molecule has 0 spiro atoms. The largest absolute Gasteiger partial charge is 0.477 e. The van der Waals surface area contributed by atoms with Gasteiger partial charge in [-0.15, -0.1) is 0 Å². The minimum Gasteiger partial charge on any atom is -0.477 e. The van der Waals surface area contributed by atoms with Gasteiger partial charge in [-0.25, -0.2) is 9.78 Å². The van der Waals surface area contributed by atoms with Gasteiger partial charge in [-0.3, -0.25) is 0 Å². The molecule has 0 bridgehead atoms. The number of carbonyl (C=O) groups is 1. The second-order valence-corrected chi connectivity index (χ2v) is 4.87. The molecule has 1 aliphatic rings. The van der Waals surface area contributed by atoms with E-state index in [4.69, 9.17) is 0 Å². The molecule has 1 aliphatic carbocycles. The molecule has 3 rings (SSSR count). The van der Waals surface area contributed by atoms with E-state index in [9.17, 15) is 9.90 Å². The zero-order valence-corrected chi connectivity index (χ0v) is 10.8. The molecule has 0 aliphatic heterocycles. The van der Waals surface area contributed by atoms with Crippen molar-refractivity contribution in [3.63, 3.8) is 0 Å². The molecule has 1 aromatic carbocycles. The monoisotopic (exact) mass is 256 g/mol. The number of carboxylic acids is 1. The van der Waals surface area contributed by atoms with E-state index >= 15 is 0 Å². The maximum absolute atomic E-state index is 11.2. The van der Waals surface area contributed by atoms with E-state index in [2.05, 4.69) is 16.8 Å². The van der Waals surface area contributed by atoms with Gasteiger partial charge in [-0.2, -0.15) is 0 Å². The molecule has 4 heteroatoms. The number of hydrogen-bond acceptors (Lipinski definition) is 3. The molecule has 0 saturated heterocycles. The van der Waals surface area contributed by atoms with Gasteiger partial charge in [0.15, 0.2) is 5.69 Å². The standard InChI is InChI=1S/C15H16N2O2/c1-2-17(10-7-8-10)14-9-13(15(18)19)16-12-6-4-3-5-11(12)14/h3-6,9-10H,2,7-8H2,1H3,(H,18,19). The SMILES string of the molecule is CCN(c1cc(C(=O)O)nc2ccccc12)C1CC1. The Labute approximate surface area is 111 Å². The number of fused-ring (bicyclic) bond motifs is 1. The van der Waals surface area contributed by atoms with Crippen molar-refractivity contribution >= 4 is 22.6 Å². The highest BCUT2D eigenvalue weighted by Gasteiger charge is 2.29. The summed E-state index contributed by atoms with van der Waals surface area (Å²) >= 11 is 0. The van der Waals surface area contributed by atoms with Crippen LogP contribution in [0.15, 0.2) is 30.3 Å². The van der Waals surface area contributed by atoms with Gasteiger partial charge in [0.1, 0.15) is 0 Å². The van der Waals surface area contributed by atoms with Gasteiger partial charge in [0.05, 0.1) is 5.52 Å². The summed E-state index contributed by atoms with van der Waals surface area (Å²) in [5.41, 5.74) is 1.86. The van der Waals surface area contributed by atoms with Crippen LogP contribution in [0, 0.1) is 0 Å². The number of nitrogens with zero attached hydrogens (tertiary/aromatic N) is 2. The molecule has 1 saturated carbocycles. The van der Waals surface area contributed by atoms with Crippen molar-refractivity contribution in [3.05, 3.63) is 36.0 Å². The molecule has 98 valence electrons. The van der Waals surface area contributed by atoms with Crippen LogP contribution in [-0.2, 0) is 0 Å². The first kappa shape index (κ1) is 12.0. The second kappa shape index (κ2) is 4.53. The quantitative estimate of drug-likeness (QED) is 0.913. The zero-order chi connectivity index (χ0) is 13.4. The fourth-order valence-electron chi connectivity index (χ4n) is 2.52. The fourth-order valence-corrected chi connectivity index (χ4v) is 2.52. The number of aromatic carboxylic acids is 1. The van der Waals surface area contributed by atoms with E-state index in [0.29, 0.717) is 6.04 Å². The van der Waals surface area contributed by atoms with E-state index in [0.717, 1.165) is 23.1 Å². The third-order valence-corrected chi connectivity index (χ3v) is 3.55. The molecule has 1 fully saturated rings. The Morgan fingerprint density at radius 2 is 2.16 bits per heavy atom. The first-order chi connectivity index (χ1) is 9.20. The van der Waals surface area contributed by atoms with Crippen molar-refractivity contribution in [2.24, 2.45) is 0 Å². The summed E-state index contributed by atoms with van der Waals surface area (Å²) in [5.74, 6) is -0.973. The highest BCUT2D eigenvalue weighted by Crippen LogP contribution is 2.35. The summed E-state index contributed by atoms with van der Waals surface area (Å²) in [6.07, 6.45) is 2.37. The summed E-state index contributed by atoms with van der Waals surface area (Å²) in [6, 6.07) is 9.98. The van der Waals surface area contributed by atoms with Gasteiger partial charge < -0.3 is 10.0 Å². The van der Waals surface area contributed by atoms with Gasteiger partial charge >= 0.3 is 5.97 Å². The van der Waals surface area contributed by atoms with Crippen LogP contribution in [-0.4, -0.2) is 28.6 Å². The zero-order valence-electron chi connectivity index (χ0n) is 10.8. The molecular formula is C15H16N2O2. The Morgan fingerprint density at radius 1 is 1.42 bits per heavy atom. The maximum Gasteiger partial charge on any atom is 0.354 e. The van der Waals surface area contributed by atoms with Crippen LogP contribution in [0.5, 0.6) is 0 Å². The number of para-hydroxylation sites is 1. The van der Waals surface area contributed by atoms with Crippen molar-refractivity contribution in [1.29, 1.82) is 0 Å². The molecule has 0 amide bonds. The predicted molar refractivity (Wildman–Crippen MR) is 74.7 cm³/mol. The summed E-state index contributed by atoms with van der Waals surface area (Å²) in [4.78, 5) is 17.7. The van der Waals surface area contributed by atoms with Gasteiger partial charge in [0.25, 0.3) is 0 Å². The third-order valence-electron chi connectivity index (χ3n) is 3.55. The fraction of sp³-hybridized carbons (Fsp3) is 0.333. The molecule has 0 unspecified atom stereocenters. The van der Waals surface area contributed by atoms with Crippen LogP contribution in [0.3, 0.4) is 0 Å². The molecule has 4 nitrogen and oxygen atoms in total. The highest BCUT2D eigenvalue weighted by molar-refractivity contribution is 5.97. The van der Waals surface area contributed by atoms with Crippen LogP contribution < -0.4 is 4.90 Å². The molecule has 1 heterocycles. The first-order valence-corrected chi connectivity index (χ1v) is 6.60. The van der Waals surface area contributed by atoms with Crippen LogP contribution in [0.2, 0.25) is 0 Å². The average Bonchev–Trinajstić information content (AvgIpc) is 3.24. The molecule has 1 aromatic heterocycles. The lowest BCUT2D eigenvalue weighted by atomic mass is 10.1. The summed E-state index contributed by atoms with van der Waals surface area (Å²) in [5, 5.41) is 10.2. The lowest BCUT2D eigenvalue weighted by Gasteiger charge is -2.24. The Balaban J connectivity index is 2.22. The van der Waals surface area contributed by atoms with Crippen molar-refractivity contribution in [2.45, 2.75) is 25.8 Å². The van der Waals surface area contributed by atoms with E-state index in [-0.39, 0.29) is 5.69 Å². The topological polar surface area (TPSA) is 53.4 Å². The number of carboxylic acid groups (broad SMARTS) is 1. The molecule has 2 aromatic rings. The minimum absolute atomic E-state index is 0.118. The smallest absolute Gasteiger partial charge is 0.354 e. The molecule has 0 radical (unpaired) electrons. The average molecular weight is 256 g/mol. The van der Waals surface area contributed by atoms with Gasteiger partial charge in [-0.05, 0) is 31.9 Å². The summed E-state index contributed by atoms with van der Waals surface area (Å²) < 4.78 is 0. The first-order valence-electron chi connectivity index (χ1n) is 6.60. The van der Waals surface area contributed by atoms with E-state index in [1.54, 1.807) is 6.07 Å². The van der Waals surface area contributed by atoms with Crippen LogP contribution in [0.25, 0.3) is 10.9 Å². The number of rotatable bonds is 4. The molecule has 1 N–H and O–H groups in total. The Morgan fingerprint density at radius 3 is 2.79 bits per heavy atom. The Kier molecular flexibility index (Phi) is 2.85. The molecule has 19 heavy (non-hydrogen) atoms. The van der Waals surface area contributed by atoms with E-state index < -0.39 is 5.97 Å². The molecule has 0 atom stereocenters. The van der Waals surface area contributed by atoms with Gasteiger partial charge in [0.2, 0.25) is 0 Å². The van der Waals surface area contributed by atoms with Gasteiger partial charge in [-0.1, -0.05) is 18.2 Å². The maximum atomic E-state index is 11.2. The lowest BCUT2D eigenvalue weighted by Crippen LogP contribution is -2.25. The molecular weight excluding hydrogens is 240 g/mol. The number of benzene rings is 1. The minimum atomic E-state index is -0.973. The predicted octanol–water partition coefficient (Wildman–Crippen LogP) is 2.92. The lowest BCUT2D eigenvalue weighted by molar-refractivity contribution is 0.0691. The number of anilines is 1. The van der Waals surface area contributed by atoms with Crippen LogP contribution in [0.1, 0.15) is 30.3 Å². The second-order valence-electron chi connectivity index (χ2n) is 4.87. The number of aromatic nitrogens is 1. The Bertz CT molecular complexity index is 635. The highest BCUT2D eigenvalue weighted by atomic mass is 16.4. The van der Waals surface area contributed by atoms with Crippen molar-refractivity contribution in [3.8, 4) is 0 Å². The van der Waals surface area contributed by atoms with Crippen molar-refractivity contribution in [1.82, 2.24) is 4.98 Å². The summed E-state index contributed by atoms with van der Waals surface area (Å²) in [6.45, 7) is 2.99. The summed E-state index contributed by atoms with van der Waals surface area (Å²) in [7, 11) is 0. The third kappa shape index (κ3) is 2.14. The Hall–Kier alpha value is -2.10. The van der Waals surface area contributed by atoms with Crippen molar-refractivity contribution < 1.29 is 9.90 Å². The van der Waals surface area contributed by atoms with E-state index in [1.165, 1.54) is 12.8 Å². The van der Waals surface area contributed by atoms with Crippen LogP contribution in [0.4, 0.5) is 5.69 Å². The number of hydrogen-bond donors (Lipinski definition) is 1. The van der Waals surface area contributed by atoms with Gasteiger partial charge in [0, 0.05) is 23.7 Å². The normalized spacial score (nSPS) is 14.6.